The summed E-state index contributed by atoms with van der Waals surface area (Å²) in [5.41, 5.74) is 2.55. The van der Waals surface area contributed by atoms with E-state index in [1.165, 1.54) is 0 Å². The number of aromatic nitrogens is 1. The zero-order valence-corrected chi connectivity index (χ0v) is 16.8. The first-order chi connectivity index (χ1) is 13.6. The number of rotatable bonds is 10. The van der Waals surface area contributed by atoms with Gasteiger partial charge >= 0.3 is 5.97 Å². The van der Waals surface area contributed by atoms with Gasteiger partial charge in [-0.25, -0.2) is 9.78 Å². The fourth-order valence-corrected chi connectivity index (χ4v) is 3.49. The average molecular weight is 401 g/mol. The van der Waals surface area contributed by atoms with Crippen LogP contribution in [-0.2, 0) is 22.7 Å². The van der Waals surface area contributed by atoms with Gasteiger partial charge in [-0.05, 0) is 42.8 Å². The monoisotopic (exact) mass is 401 g/mol. The Bertz CT molecular complexity index is 917. The van der Waals surface area contributed by atoms with Gasteiger partial charge in [0, 0.05) is 13.2 Å². The molecule has 1 aromatic carbocycles. The predicted octanol–water partition coefficient (Wildman–Crippen LogP) is 4.84. The lowest BCUT2D eigenvalue weighted by molar-refractivity contribution is 0.0639. The van der Waals surface area contributed by atoms with E-state index in [9.17, 15) is 9.90 Å². The van der Waals surface area contributed by atoms with Gasteiger partial charge in [-0.3, -0.25) is 0 Å². The zero-order valence-electron chi connectivity index (χ0n) is 15.9. The topological polar surface area (TPSA) is 81.8 Å². The van der Waals surface area contributed by atoms with E-state index in [4.69, 9.17) is 13.9 Å². The molecule has 0 aliphatic rings. The Morgan fingerprint density at radius 2 is 1.93 bits per heavy atom. The lowest BCUT2D eigenvalue weighted by Gasteiger charge is -2.09. The van der Waals surface area contributed by atoms with E-state index >= 15 is 0 Å². The summed E-state index contributed by atoms with van der Waals surface area (Å²) in [5, 5.41) is 11.3. The molecule has 0 spiro atoms. The second kappa shape index (κ2) is 9.64. The minimum Gasteiger partial charge on any atom is -0.478 e. The molecule has 2 heterocycles. The molecule has 0 fully saturated rings. The number of hydrogen-bond acceptors (Lipinski definition) is 6. The summed E-state index contributed by atoms with van der Waals surface area (Å²) >= 11 is 1.59. The number of ether oxygens (including phenoxy) is 2. The highest BCUT2D eigenvalue weighted by Gasteiger charge is 2.13. The van der Waals surface area contributed by atoms with E-state index < -0.39 is 5.97 Å². The van der Waals surface area contributed by atoms with Crippen LogP contribution >= 0.6 is 11.3 Å². The summed E-state index contributed by atoms with van der Waals surface area (Å²) < 4.78 is 17.0. The van der Waals surface area contributed by atoms with Crippen molar-refractivity contribution in [1.82, 2.24) is 4.98 Å². The van der Waals surface area contributed by atoms with Crippen LogP contribution in [0, 0.1) is 13.8 Å². The molecule has 6 nitrogen and oxygen atoms in total. The predicted molar refractivity (Wildman–Crippen MR) is 107 cm³/mol. The number of aryl methyl sites for hydroxylation is 2. The Balaban J connectivity index is 1.38. The van der Waals surface area contributed by atoms with Crippen molar-refractivity contribution in [2.45, 2.75) is 33.5 Å². The van der Waals surface area contributed by atoms with Crippen LogP contribution in [-0.4, -0.2) is 29.3 Å². The molecule has 0 aliphatic carbocycles. The standard InChI is InChI=1S/C21H23NO5S/c1-14-6-3-7-16(19(14)21(23)24)12-25-9-5-10-26-13-17-15(2)27-20(22-17)18-8-4-11-28-18/h3-4,6-8,11H,5,9-10,12-13H2,1-2H3,(H,23,24). The lowest BCUT2D eigenvalue weighted by atomic mass is 10.0. The molecule has 0 unspecified atom stereocenters. The van der Waals surface area contributed by atoms with Crippen LogP contribution in [0.4, 0.5) is 0 Å². The molecule has 2 aromatic heterocycles. The number of nitrogens with zero attached hydrogens (tertiary/aromatic N) is 1. The van der Waals surface area contributed by atoms with Crippen molar-refractivity contribution < 1.29 is 23.8 Å². The third kappa shape index (κ3) is 5.07. The highest BCUT2D eigenvalue weighted by Crippen LogP contribution is 2.26. The van der Waals surface area contributed by atoms with Gasteiger partial charge in [-0.2, -0.15) is 0 Å². The fraction of sp³-hybridized carbons (Fsp3) is 0.333. The average Bonchev–Trinajstić information content (AvgIpc) is 3.30. The number of hydrogen-bond donors (Lipinski definition) is 1. The highest BCUT2D eigenvalue weighted by molar-refractivity contribution is 7.13. The van der Waals surface area contributed by atoms with E-state index in [-0.39, 0.29) is 6.61 Å². The number of oxazole rings is 1. The van der Waals surface area contributed by atoms with E-state index in [1.54, 1.807) is 30.4 Å². The first-order valence-electron chi connectivity index (χ1n) is 9.03. The molecule has 1 N–H and O–H groups in total. The van der Waals surface area contributed by atoms with E-state index in [2.05, 4.69) is 4.98 Å². The Labute approximate surface area is 167 Å². The quantitative estimate of drug-likeness (QED) is 0.490. The van der Waals surface area contributed by atoms with E-state index in [1.807, 2.05) is 30.5 Å². The molecule has 28 heavy (non-hydrogen) atoms. The molecule has 0 saturated heterocycles. The molecule has 3 aromatic rings. The van der Waals surface area contributed by atoms with Gasteiger partial charge in [0.1, 0.15) is 11.5 Å². The normalized spacial score (nSPS) is 11.1. The van der Waals surface area contributed by atoms with Crippen molar-refractivity contribution in [3.8, 4) is 10.8 Å². The van der Waals surface area contributed by atoms with Gasteiger partial charge in [0.25, 0.3) is 0 Å². The smallest absolute Gasteiger partial charge is 0.336 e. The summed E-state index contributed by atoms with van der Waals surface area (Å²) in [6.45, 7) is 5.35. The number of aromatic carboxylic acids is 1. The van der Waals surface area contributed by atoms with Crippen molar-refractivity contribution in [3.05, 3.63) is 63.9 Å². The zero-order chi connectivity index (χ0) is 19.9. The van der Waals surface area contributed by atoms with Crippen LogP contribution in [0.2, 0.25) is 0 Å². The molecular weight excluding hydrogens is 378 g/mol. The molecule has 7 heteroatoms. The van der Waals surface area contributed by atoms with E-state index in [0.29, 0.717) is 43.3 Å². The van der Waals surface area contributed by atoms with Crippen LogP contribution in [0.5, 0.6) is 0 Å². The number of thiophene rings is 1. The molecule has 3 rings (SSSR count). The van der Waals surface area contributed by atoms with Crippen molar-refractivity contribution in [2.24, 2.45) is 0 Å². The minimum atomic E-state index is -0.926. The van der Waals surface area contributed by atoms with Crippen molar-refractivity contribution in [3.63, 3.8) is 0 Å². The van der Waals surface area contributed by atoms with Crippen LogP contribution < -0.4 is 0 Å². The number of carboxylic acid groups (broad SMARTS) is 1. The van der Waals surface area contributed by atoms with Gasteiger partial charge in [-0.1, -0.05) is 24.3 Å². The molecule has 0 saturated carbocycles. The van der Waals surface area contributed by atoms with Gasteiger partial charge in [0.15, 0.2) is 0 Å². The molecule has 0 bridgehead atoms. The number of carboxylic acids is 1. The molecular formula is C21H23NO5S. The van der Waals surface area contributed by atoms with Crippen LogP contribution in [0.25, 0.3) is 10.8 Å². The first-order valence-corrected chi connectivity index (χ1v) is 9.91. The molecule has 0 radical (unpaired) electrons. The summed E-state index contributed by atoms with van der Waals surface area (Å²) in [5.74, 6) is 0.465. The number of carbonyl (C=O) groups is 1. The van der Waals surface area contributed by atoms with Crippen LogP contribution in [0.15, 0.2) is 40.1 Å². The van der Waals surface area contributed by atoms with Gasteiger partial charge in [0.2, 0.25) is 5.89 Å². The second-order valence-corrected chi connectivity index (χ2v) is 7.32. The Morgan fingerprint density at radius 3 is 2.64 bits per heavy atom. The lowest BCUT2D eigenvalue weighted by Crippen LogP contribution is -2.08. The Morgan fingerprint density at radius 1 is 1.14 bits per heavy atom. The largest absolute Gasteiger partial charge is 0.478 e. The molecule has 0 amide bonds. The maximum atomic E-state index is 11.4. The molecule has 0 atom stereocenters. The Hall–Kier alpha value is -2.48. The van der Waals surface area contributed by atoms with E-state index in [0.717, 1.165) is 21.9 Å². The third-order valence-electron chi connectivity index (χ3n) is 4.27. The maximum Gasteiger partial charge on any atom is 0.336 e. The maximum absolute atomic E-state index is 11.4. The summed E-state index contributed by atoms with van der Waals surface area (Å²) in [4.78, 5) is 16.9. The van der Waals surface area contributed by atoms with Crippen molar-refractivity contribution in [1.29, 1.82) is 0 Å². The van der Waals surface area contributed by atoms with Gasteiger partial charge < -0.3 is 19.0 Å². The first kappa shape index (κ1) is 20.3. The van der Waals surface area contributed by atoms with Crippen molar-refractivity contribution in [2.75, 3.05) is 13.2 Å². The highest BCUT2D eigenvalue weighted by atomic mass is 32.1. The molecule has 148 valence electrons. The second-order valence-electron chi connectivity index (χ2n) is 6.37. The van der Waals surface area contributed by atoms with Crippen LogP contribution in [0.1, 0.15) is 39.4 Å². The number of benzene rings is 1. The summed E-state index contributed by atoms with van der Waals surface area (Å²) in [6, 6.07) is 9.35. The third-order valence-corrected chi connectivity index (χ3v) is 5.13. The SMILES string of the molecule is Cc1cccc(COCCCOCc2nc(-c3cccs3)oc2C)c1C(=O)O. The fourth-order valence-electron chi connectivity index (χ4n) is 2.84. The van der Waals surface area contributed by atoms with Gasteiger partial charge in [-0.15, -0.1) is 11.3 Å². The summed E-state index contributed by atoms with van der Waals surface area (Å²) in [6.07, 6.45) is 0.711. The molecule has 0 aliphatic heterocycles. The Kier molecular flexibility index (Phi) is 6.97. The summed E-state index contributed by atoms with van der Waals surface area (Å²) in [7, 11) is 0. The van der Waals surface area contributed by atoms with Gasteiger partial charge in [0.05, 0.1) is 23.7 Å². The van der Waals surface area contributed by atoms with Crippen LogP contribution in [0.3, 0.4) is 0 Å². The van der Waals surface area contributed by atoms with Crippen molar-refractivity contribution >= 4 is 17.3 Å². The minimum absolute atomic E-state index is 0.274.